The van der Waals surface area contributed by atoms with Crippen LogP contribution < -0.4 is 0 Å². The molecule has 2 aliphatic rings. The molecule has 0 aliphatic carbocycles. The van der Waals surface area contributed by atoms with Crippen LogP contribution in [0.3, 0.4) is 0 Å². The lowest BCUT2D eigenvalue weighted by Gasteiger charge is -2.22. The first-order valence-electron chi connectivity index (χ1n) is 7.57. The second-order valence-corrected chi connectivity index (χ2v) is 12.3. The highest BCUT2D eigenvalue weighted by Gasteiger charge is 2.59. The summed E-state index contributed by atoms with van der Waals surface area (Å²) >= 11 is 4.18. The smallest absolute Gasteiger partial charge is 0.305 e. The van der Waals surface area contributed by atoms with Crippen LogP contribution in [0.15, 0.2) is 17.8 Å². The zero-order valence-corrected chi connectivity index (χ0v) is 20.6. The van der Waals surface area contributed by atoms with Crippen molar-refractivity contribution in [2.24, 2.45) is 0 Å². The molecular weight excluding hydrogens is 580 g/mol. The monoisotopic (exact) mass is 602 g/mol. The van der Waals surface area contributed by atoms with Gasteiger partial charge in [0.05, 0.1) is 23.8 Å². The van der Waals surface area contributed by atoms with Gasteiger partial charge in [-0.15, -0.1) is 0 Å². The molecule has 0 saturated heterocycles. The van der Waals surface area contributed by atoms with E-state index in [0.29, 0.717) is 17.8 Å². The molecule has 0 aromatic heterocycles. The van der Waals surface area contributed by atoms with Gasteiger partial charge in [-0.1, -0.05) is 0 Å². The average Bonchev–Trinajstić information content (AvgIpc) is 2.68. The zero-order chi connectivity index (χ0) is 18.6. The standard InChI is InChI=1S/C14H22I2O6P2/c1-7-19-23(17)9(11(15)13(3,4)21-23)10-12(16)14(5,6)22-24(10,18)20-8-2/h7-8H2,1-6H3. The van der Waals surface area contributed by atoms with Crippen molar-refractivity contribution in [2.75, 3.05) is 13.2 Å². The van der Waals surface area contributed by atoms with E-state index >= 15 is 0 Å². The maximum atomic E-state index is 13.4. The normalized spacial score (nSPS) is 35.2. The highest BCUT2D eigenvalue weighted by Crippen LogP contribution is 2.79. The van der Waals surface area contributed by atoms with E-state index in [1.54, 1.807) is 13.8 Å². The Hall–Kier alpha value is 1.24. The van der Waals surface area contributed by atoms with Crippen LogP contribution in [0.25, 0.3) is 0 Å². The highest BCUT2D eigenvalue weighted by molar-refractivity contribution is 14.1. The van der Waals surface area contributed by atoms with E-state index in [2.05, 4.69) is 45.2 Å². The Morgan fingerprint density at radius 3 is 1.38 bits per heavy atom. The van der Waals surface area contributed by atoms with Crippen molar-refractivity contribution in [3.63, 3.8) is 0 Å². The SMILES string of the molecule is CCOP1(=O)OC(C)(C)C(I)=C1C1=C(I)C(C)(C)OP1(=O)OCC. The highest BCUT2D eigenvalue weighted by atomic mass is 127. The van der Waals surface area contributed by atoms with Crippen LogP contribution in [0, 0.1) is 0 Å². The summed E-state index contributed by atoms with van der Waals surface area (Å²) in [5.41, 5.74) is -1.59. The van der Waals surface area contributed by atoms with E-state index < -0.39 is 26.4 Å². The van der Waals surface area contributed by atoms with E-state index in [4.69, 9.17) is 18.1 Å². The quantitative estimate of drug-likeness (QED) is 0.270. The largest absolute Gasteiger partial charge is 0.364 e. The van der Waals surface area contributed by atoms with Crippen LogP contribution in [0.2, 0.25) is 0 Å². The third-order valence-electron chi connectivity index (χ3n) is 3.54. The van der Waals surface area contributed by atoms with Crippen molar-refractivity contribution >= 4 is 60.4 Å². The second-order valence-electron chi connectivity index (χ2n) is 6.36. The second kappa shape index (κ2) is 7.00. The Labute approximate surface area is 170 Å². The van der Waals surface area contributed by atoms with Gasteiger partial charge in [0.1, 0.15) is 11.2 Å². The number of allylic oxidation sites excluding steroid dienone is 2. The molecule has 2 atom stereocenters. The Morgan fingerprint density at radius 2 is 1.12 bits per heavy atom. The van der Waals surface area contributed by atoms with E-state index in [-0.39, 0.29) is 13.2 Å². The maximum absolute atomic E-state index is 13.4. The van der Waals surface area contributed by atoms with Crippen molar-refractivity contribution in [3.05, 3.63) is 17.8 Å². The summed E-state index contributed by atoms with van der Waals surface area (Å²) in [6.07, 6.45) is 0. The number of hydrogen-bond acceptors (Lipinski definition) is 6. The zero-order valence-electron chi connectivity index (χ0n) is 14.5. The molecule has 0 saturated carbocycles. The molecule has 10 heteroatoms. The fraction of sp³-hybridized carbons (Fsp3) is 0.714. The molecule has 2 rings (SSSR count). The molecule has 0 aromatic rings. The summed E-state index contributed by atoms with van der Waals surface area (Å²) in [6, 6.07) is 0. The minimum Gasteiger partial charge on any atom is -0.305 e. The summed E-state index contributed by atoms with van der Waals surface area (Å²) in [4.78, 5) is 0. The molecule has 2 heterocycles. The first-order valence-corrected chi connectivity index (χ1v) is 12.8. The molecule has 0 aromatic carbocycles. The molecule has 0 radical (unpaired) electrons. The molecule has 0 spiro atoms. The molecule has 2 aliphatic heterocycles. The van der Waals surface area contributed by atoms with Crippen LogP contribution in [0.5, 0.6) is 0 Å². The molecule has 138 valence electrons. The minimum atomic E-state index is -3.63. The Kier molecular flexibility index (Phi) is 6.28. The van der Waals surface area contributed by atoms with E-state index in [1.807, 2.05) is 27.7 Å². The summed E-state index contributed by atoms with van der Waals surface area (Å²) < 4.78 is 50.8. The molecule has 24 heavy (non-hydrogen) atoms. The first kappa shape index (κ1) is 21.5. The molecular formula is C14H22I2O6P2. The van der Waals surface area contributed by atoms with Gasteiger partial charge in [-0.05, 0) is 86.7 Å². The lowest BCUT2D eigenvalue weighted by atomic mass is 10.1. The van der Waals surface area contributed by atoms with E-state index in [1.165, 1.54) is 0 Å². The molecule has 6 nitrogen and oxygen atoms in total. The third kappa shape index (κ3) is 3.51. The van der Waals surface area contributed by atoms with Crippen molar-refractivity contribution in [2.45, 2.75) is 52.7 Å². The van der Waals surface area contributed by atoms with Crippen LogP contribution in [0.4, 0.5) is 0 Å². The van der Waals surface area contributed by atoms with Gasteiger partial charge in [0.15, 0.2) is 0 Å². The lowest BCUT2D eigenvalue weighted by molar-refractivity contribution is 0.133. The van der Waals surface area contributed by atoms with Crippen LogP contribution >= 0.6 is 60.4 Å². The molecule has 0 bridgehead atoms. The minimum absolute atomic E-state index is 0.216. The Balaban J connectivity index is 2.78. The molecule has 0 N–H and O–H groups in total. The summed E-state index contributed by atoms with van der Waals surface area (Å²) in [6.45, 7) is 11.2. The summed E-state index contributed by atoms with van der Waals surface area (Å²) in [7, 11) is -7.25. The molecule has 0 amide bonds. The third-order valence-corrected chi connectivity index (χ3v) is 12.8. The van der Waals surface area contributed by atoms with Crippen molar-refractivity contribution < 1.29 is 27.2 Å². The van der Waals surface area contributed by atoms with Gasteiger partial charge in [-0.2, -0.15) is 0 Å². The molecule has 2 unspecified atom stereocenters. The lowest BCUT2D eigenvalue weighted by Crippen LogP contribution is -2.18. The first-order chi connectivity index (χ1) is 10.8. The van der Waals surface area contributed by atoms with E-state index in [0.717, 1.165) is 0 Å². The van der Waals surface area contributed by atoms with Gasteiger partial charge in [0, 0.05) is 7.16 Å². The maximum Gasteiger partial charge on any atom is 0.364 e. The van der Waals surface area contributed by atoms with Gasteiger partial charge < -0.3 is 9.05 Å². The molecule has 0 fully saturated rings. The summed E-state index contributed by atoms with van der Waals surface area (Å²) in [5, 5.41) is 0.670. The number of halogens is 2. The Bertz CT molecular complexity index is 650. The fourth-order valence-electron chi connectivity index (χ4n) is 2.57. The number of rotatable bonds is 5. The van der Waals surface area contributed by atoms with Gasteiger partial charge in [-0.3, -0.25) is 18.2 Å². The average molecular weight is 602 g/mol. The van der Waals surface area contributed by atoms with E-state index in [9.17, 15) is 9.13 Å². The Morgan fingerprint density at radius 1 is 0.833 bits per heavy atom. The topological polar surface area (TPSA) is 71.1 Å². The van der Waals surface area contributed by atoms with Crippen LogP contribution in [-0.4, -0.2) is 24.4 Å². The predicted molar refractivity (Wildman–Crippen MR) is 111 cm³/mol. The van der Waals surface area contributed by atoms with Gasteiger partial charge >= 0.3 is 15.2 Å². The van der Waals surface area contributed by atoms with Crippen LogP contribution in [0.1, 0.15) is 41.5 Å². The van der Waals surface area contributed by atoms with Crippen LogP contribution in [-0.2, 0) is 27.2 Å². The summed E-state index contributed by atoms with van der Waals surface area (Å²) in [5.74, 6) is 0. The van der Waals surface area contributed by atoms with Crippen molar-refractivity contribution in [1.82, 2.24) is 0 Å². The van der Waals surface area contributed by atoms with Gasteiger partial charge in [-0.25, -0.2) is 0 Å². The predicted octanol–water partition coefficient (Wildman–Crippen LogP) is 6.36. The number of hydrogen-bond donors (Lipinski definition) is 0. The van der Waals surface area contributed by atoms with Gasteiger partial charge in [0.2, 0.25) is 0 Å². The van der Waals surface area contributed by atoms with Crippen molar-refractivity contribution in [1.29, 1.82) is 0 Å². The fourth-order valence-corrected chi connectivity index (χ4v) is 11.0. The van der Waals surface area contributed by atoms with Gasteiger partial charge in [0.25, 0.3) is 0 Å². The van der Waals surface area contributed by atoms with Crippen molar-refractivity contribution in [3.8, 4) is 0 Å².